The van der Waals surface area contributed by atoms with Crippen LogP contribution in [0.15, 0.2) is 5.16 Å². The van der Waals surface area contributed by atoms with Crippen LogP contribution in [0.3, 0.4) is 0 Å². The van der Waals surface area contributed by atoms with Crippen molar-refractivity contribution in [2.45, 2.75) is 63.7 Å². The predicted octanol–water partition coefficient (Wildman–Crippen LogP) is 2.23. The van der Waals surface area contributed by atoms with Crippen molar-refractivity contribution in [1.29, 1.82) is 0 Å². The number of nitrogens with zero attached hydrogens (tertiary/aromatic N) is 3. The number of nitrogens with one attached hydrogen (secondary N) is 1. The van der Waals surface area contributed by atoms with E-state index in [1.165, 1.54) is 24.6 Å². The van der Waals surface area contributed by atoms with Crippen molar-refractivity contribution in [3.05, 3.63) is 0 Å². The van der Waals surface area contributed by atoms with E-state index >= 15 is 0 Å². The molecule has 1 aliphatic rings. The Kier molecular flexibility index (Phi) is 5.50. The summed E-state index contributed by atoms with van der Waals surface area (Å²) < 4.78 is 1.85. The Morgan fingerprint density at radius 1 is 1.38 bits per heavy atom. The van der Waals surface area contributed by atoms with E-state index < -0.39 is 0 Å². The van der Waals surface area contributed by atoms with Gasteiger partial charge in [-0.15, -0.1) is 10.2 Å². The molecule has 1 fully saturated rings. The second-order valence-corrected chi connectivity index (χ2v) is 7.06. The zero-order valence-electron chi connectivity index (χ0n) is 13.0. The molecule has 2 rings (SSSR count). The molecule has 6 nitrogen and oxygen atoms in total. The van der Waals surface area contributed by atoms with Crippen molar-refractivity contribution in [3.8, 4) is 0 Å². The largest absolute Gasteiger partial charge is 0.368 e. The monoisotopic (exact) mass is 311 g/mol. The fraction of sp³-hybridized carbons (Fsp3) is 0.786. The molecule has 1 amide bonds. The minimum absolute atomic E-state index is 0.0661. The van der Waals surface area contributed by atoms with Crippen LogP contribution in [0.1, 0.15) is 52.5 Å². The first kappa shape index (κ1) is 16.1. The maximum Gasteiger partial charge on any atom is 0.230 e. The minimum atomic E-state index is 0.0661. The van der Waals surface area contributed by atoms with E-state index in [0.717, 1.165) is 18.8 Å². The van der Waals surface area contributed by atoms with Crippen molar-refractivity contribution in [3.63, 3.8) is 0 Å². The minimum Gasteiger partial charge on any atom is -0.368 e. The molecule has 1 aromatic heterocycles. The molecule has 0 radical (unpaired) electrons. The van der Waals surface area contributed by atoms with Gasteiger partial charge in [-0.1, -0.05) is 18.7 Å². The number of carbonyl (C=O) groups excluding carboxylic acids is 1. The molecule has 1 saturated carbocycles. The molecule has 0 bridgehead atoms. The molecule has 7 heteroatoms. The molecule has 1 heterocycles. The number of rotatable bonds is 5. The van der Waals surface area contributed by atoms with Crippen LogP contribution in [-0.4, -0.2) is 32.5 Å². The van der Waals surface area contributed by atoms with Crippen LogP contribution in [0, 0.1) is 5.92 Å². The summed E-state index contributed by atoms with van der Waals surface area (Å²) in [4.78, 5) is 12.0. The molecule has 0 atom stereocenters. The van der Waals surface area contributed by atoms with Crippen LogP contribution < -0.4 is 11.1 Å². The fourth-order valence-corrected chi connectivity index (χ4v) is 3.56. The highest BCUT2D eigenvalue weighted by atomic mass is 32.2. The van der Waals surface area contributed by atoms with Gasteiger partial charge in [0.05, 0.1) is 5.75 Å². The van der Waals surface area contributed by atoms with Gasteiger partial charge in [0.25, 0.3) is 0 Å². The third kappa shape index (κ3) is 4.36. The number of hydrogen-bond acceptors (Lipinski definition) is 5. The van der Waals surface area contributed by atoms with Gasteiger partial charge in [-0.05, 0) is 45.4 Å². The van der Waals surface area contributed by atoms with Crippen LogP contribution in [0.25, 0.3) is 0 Å². The maximum atomic E-state index is 12.0. The van der Waals surface area contributed by atoms with Gasteiger partial charge >= 0.3 is 0 Å². The average Bonchev–Trinajstić information content (AvgIpc) is 2.80. The standard InChI is InChI=1S/C14H25N5OS/c1-9(2)19-13(15)17-18-14(19)21-8-12(20)16-11-6-4-10(3)5-7-11/h9-11H,4-8H2,1-3H3,(H2,15,17)(H,16,20). The number of aromatic nitrogens is 3. The van der Waals surface area contributed by atoms with Crippen molar-refractivity contribution < 1.29 is 4.79 Å². The lowest BCUT2D eigenvalue weighted by molar-refractivity contribution is -0.119. The number of nitrogens with two attached hydrogens (primary N) is 1. The maximum absolute atomic E-state index is 12.0. The van der Waals surface area contributed by atoms with Gasteiger partial charge < -0.3 is 11.1 Å². The first-order valence-corrected chi connectivity index (χ1v) is 8.58. The van der Waals surface area contributed by atoms with Crippen molar-refractivity contribution in [2.24, 2.45) is 5.92 Å². The van der Waals surface area contributed by atoms with Gasteiger partial charge in [0.2, 0.25) is 11.9 Å². The molecule has 0 aromatic carbocycles. The van der Waals surface area contributed by atoms with E-state index in [0.29, 0.717) is 22.9 Å². The van der Waals surface area contributed by atoms with Gasteiger partial charge in [0.15, 0.2) is 5.16 Å². The highest BCUT2D eigenvalue weighted by Crippen LogP contribution is 2.24. The number of anilines is 1. The lowest BCUT2D eigenvalue weighted by atomic mass is 9.87. The number of thioether (sulfide) groups is 1. The third-order valence-electron chi connectivity index (χ3n) is 3.92. The zero-order chi connectivity index (χ0) is 15.4. The van der Waals surface area contributed by atoms with E-state index in [1.54, 1.807) is 0 Å². The Labute approximate surface area is 130 Å². The quantitative estimate of drug-likeness (QED) is 0.814. The Morgan fingerprint density at radius 2 is 2.05 bits per heavy atom. The Balaban J connectivity index is 1.81. The van der Waals surface area contributed by atoms with Crippen molar-refractivity contribution in [1.82, 2.24) is 20.1 Å². The zero-order valence-corrected chi connectivity index (χ0v) is 13.8. The first-order valence-electron chi connectivity index (χ1n) is 7.60. The summed E-state index contributed by atoms with van der Waals surface area (Å²) in [6, 6.07) is 0.521. The van der Waals surface area contributed by atoms with E-state index in [-0.39, 0.29) is 11.9 Å². The van der Waals surface area contributed by atoms with Crippen molar-refractivity contribution in [2.75, 3.05) is 11.5 Å². The van der Waals surface area contributed by atoms with Crippen LogP contribution in [0.5, 0.6) is 0 Å². The SMILES string of the molecule is CC1CCC(NC(=O)CSc2nnc(N)n2C(C)C)CC1. The van der Waals surface area contributed by atoms with E-state index in [4.69, 9.17) is 5.73 Å². The number of amides is 1. The molecule has 3 N–H and O–H groups in total. The highest BCUT2D eigenvalue weighted by Gasteiger charge is 2.20. The second kappa shape index (κ2) is 7.15. The van der Waals surface area contributed by atoms with Crippen LogP contribution in [-0.2, 0) is 4.79 Å². The molecule has 0 spiro atoms. The molecule has 1 aromatic rings. The topological polar surface area (TPSA) is 85.8 Å². The molecule has 21 heavy (non-hydrogen) atoms. The Morgan fingerprint density at radius 3 is 2.67 bits per heavy atom. The summed E-state index contributed by atoms with van der Waals surface area (Å²) in [5.74, 6) is 1.61. The first-order chi connectivity index (χ1) is 9.97. The second-order valence-electron chi connectivity index (χ2n) is 6.12. The molecule has 0 unspecified atom stereocenters. The van der Waals surface area contributed by atoms with Gasteiger partial charge in [-0.25, -0.2) is 0 Å². The van der Waals surface area contributed by atoms with E-state index in [1.807, 2.05) is 18.4 Å². The molecule has 1 aliphatic carbocycles. The molecular weight excluding hydrogens is 286 g/mol. The summed E-state index contributed by atoms with van der Waals surface area (Å²) in [6.45, 7) is 6.32. The third-order valence-corrected chi connectivity index (χ3v) is 4.86. The van der Waals surface area contributed by atoms with Crippen molar-refractivity contribution >= 4 is 23.6 Å². The Hall–Kier alpha value is -1.24. The normalized spacial score (nSPS) is 22.5. The van der Waals surface area contributed by atoms with Crippen LogP contribution >= 0.6 is 11.8 Å². The lowest BCUT2D eigenvalue weighted by Crippen LogP contribution is -2.38. The molecule has 0 aliphatic heterocycles. The lowest BCUT2D eigenvalue weighted by Gasteiger charge is -2.26. The number of hydrogen-bond donors (Lipinski definition) is 2. The summed E-state index contributed by atoms with van der Waals surface area (Å²) in [7, 11) is 0. The summed E-state index contributed by atoms with van der Waals surface area (Å²) >= 11 is 1.39. The number of nitrogen functional groups attached to an aromatic ring is 1. The van der Waals surface area contributed by atoms with Gasteiger partial charge in [0, 0.05) is 12.1 Å². The smallest absolute Gasteiger partial charge is 0.230 e. The van der Waals surface area contributed by atoms with Gasteiger partial charge in [-0.3, -0.25) is 9.36 Å². The van der Waals surface area contributed by atoms with E-state index in [9.17, 15) is 4.79 Å². The Bertz CT molecular complexity index is 480. The predicted molar refractivity (Wildman–Crippen MR) is 85.1 cm³/mol. The molecular formula is C14H25N5OS. The fourth-order valence-electron chi connectivity index (χ4n) is 2.68. The summed E-state index contributed by atoms with van der Waals surface area (Å²) in [6.07, 6.45) is 4.59. The van der Waals surface area contributed by atoms with Gasteiger partial charge in [0.1, 0.15) is 0 Å². The summed E-state index contributed by atoms with van der Waals surface area (Å²) in [5, 5.41) is 11.7. The number of carbonyl (C=O) groups is 1. The molecule has 0 saturated heterocycles. The molecule has 118 valence electrons. The van der Waals surface area contributed by atoms with Crippen LogP contribution in [0.4, 0.5) is 5.95 Å². The van der Waals surface area contributed by atoms with E-state index in [2.05, 4.69) is 22.4 Å². The average molecular weight is 311 g/mol. The highest BCUT2D eigenvalue weighted by molar-refractivity contribution is 7.99. The summed E-state index contributed by atoms with van der Waals surface area (Å²) in [5.41, 5.74) is 5.79. The van der Waals surface area contributed by atoms with Crippen LogP contribution in [0.2, 0.25) is 0 Å². The van der Waals surface area contributed by atoms with Gasteiger partial charge in [-0.2, -0.15) is 0 Å².